The molecule has 24 heavy (non-hydrogen) atoms. The smallest absolute Gasteiger partial charge is 0.225 e. The highest BCUT2D eigenvalue weighted by Gasteiger charge is 2.42. The van der Waals surface area contributed by atoms with E-state index in [0.29, 0.717) is 18.7 Å². The average molecular weight is 336 g/mol. The van der Waals surface area contributed by atoms with Gasteiger partial charge in [-0.05, 0) is 45.0 Å². The SMILES string of the molecule is C[C@]1(O)CN(C(=O)C2CCNCC2)CC[C@@H]1Oc1cccc(F)c1. The molecule has 0 aromatic heterocycles. The number of nitrogens with one attached hydrogen (secondary N) is 1. The number of halogens is 1. The van der Waals surface area contributed by atoms with Crippen molar-refractivity contribution in [1.82, 2.24) is 10.2 Å². The summed E-state index contributed by atoms with van der Waals surface area (Å²) in [6.45, 7) is 4.21. The Kier molecular flexibility index (Phi) is 5.06. The molecule has 0 saturated carbocycles. The zero-order valence-corrected chi connectivity index (χ0v) is 14.0. The van der Waals surface area contributed by atoms with Crippen molar-refractivity contribution in [1.29, 1.82) is 0 Å². The summed E-state index contributed by atoms with van der Waals surface area (Å²) in [5, 5.41) is 14.0. The predicted octanol–water partition coefficient (Wildman–Crippen LogP) is 1.56. The van der Waals surface area contributed by atoms with E-state index in [1.165, 1.54) is 12.1 Å². The van der Waals surface area contributed by atoms with Crippen molar-refractivity contribution in [3.05, 3.63) is 30.1 Å². The minimum Gasteiger partial charge on any atom is -0.487 e. The maximum absolute atomic E-state index is 13.3. The molecule has 132 valence electrons. The Bertz CT molecular complexity index is 587. The number of piperidine rings is 2. The topological polar surface area (TPSA) is 61.8 Å². The number of carbonyl (C=O) groups excluding carboxylic acids is 1. The molecule has 0 spiro atoms. The third kappa shape index (κ3) is 3.87. The van der Waals surface area contributed by atoms with Crippen molar-refractivity contribution in [2.75, 3.05) is 26.2 Å². The van der Waals surface area contributed by atoms with Crippen molar-refractivity contribution in [2.45, 2.75) is 37.9 Å². The van der Waals surface area contributed by atoms with E-state index in [2.05, 4.69) is 5.32 Å². The fourth-order valence-electron chi connectivity index (χ4n) is 3.56. The minimum atomic E-state index is -1.16. The van der Waals surface area contributed by atoms with Crippen LogP contribution in [0.15, 0.2) is 24.3 Å². The van der Waals surface area contributed by atoms with Crippen LogP contribution in [0, 0.1) is 11.7 Å². The van der Waals surface area contributed by atoms with Gasteiger partial charge in [-0.3, -0.25) is 4.79 Å². The molecule has 5 nitrogen and oxygen atoms in total. The van der Waals surface area contributed by atoms with Gasteiger partial charge in [0.1, 0.15) is 23.3 Å². The summed E-state index contributed by atoms with van der Waals surface area (Å²) < 4.78 is 19.1. The molecular weight excluding hydrogens is 311 g/mol. The van der Waals surface area contributed by atoms with Crippen LogP contribution in [-0.4, -0.2) is 53.8 Å². The van der Waals surface area contributed by atoms with Crippen molar-refractivity contribution in [2.24, 2.45) is 5.92 Å². The lowest BCUT2D eigenvalue weighted by Crippen LogP contribution is -2.59. The molecular formula is C18H25FN2O3. The second kappa shape index (κ2) is 7.07. The Morgan fingerprint density at radius 2 is 2.12 bits per heavy atom. The standard InChI is InChI=1S/C18H25FN2O3/c1-18(23)12-21(17(22)13-5-8-20-9-6-13)10-7-16(18)24-15-4-2-3-14(19)11-15/h2-4,11,13,16,20,23H,5-10,12H2,1H3/t16-,18-/m0/s1. The van der Waals surface area contributed by atoms with Crippen LogP contribution in [0.5, 0.6) is 5.75 Å². The largest absolute Gasteiger partial charge is 0.487 e. The molecule has 2 N–H and O–H groups in total. The second-order valence-corrected chi connectivity index (χ2v) is 6.99. The van der Waals surface area contributed by atoms with Crippen LogP contribution in [0.1, 0.15) is 26.2 Å². The number of aliphatic hydroxyl groups is 1. The van der Waals surface area contributed by atoms with Gasteiger partial charge in [-0.15, -0.1) is 0 Å². The minimum absolute atomic E-state index is 0.0442. The number of benzene rings is 1. The van der Waals surface area contributed by atoms with E-state index >= 15 is 0 Å². The Morgan fingerprint density at radius 1 is 1.38 bits per heavy atom. The molecule has 0 radical (unpaired) electrons. The third-order valence-corrected chi connectivity index (χ3v) is 4.94. The summed E-state index contributed by atoms with van der Waals surface area (Å²) in [5.41, 5.74) is -1.16. The maximum Gasteiger partial charge on any atom is 0.225 e. The number of likely N-dealkylation sites (tertiary alicyclic amines) is 1. The second-order valence-electron chi connectivity index (χ2n) is 6.99. The first-order valence-corrected chi connectivity index (χ1v) is 8.60. The number of carbonyl (C=O) groups is 1. The summed E-state index contributed by atoms with van der Waals surface area (Å²) in [6.07, 6.45) is 1.76. The van der Waals surface area contributed by atoms with Gasteiger partial charge in [-0.2, -0.15) is 0 Å². The molecule has 0 aliphatic carbocycles. The first kappa shape index (κ1) is 17.2. The highest BCUT2D eigenvalue weighted by Crippen LogP contribution is 2.28. The van der Waals surface area contributed by atoms with Gasteiger partial charge >= 0.3 is 0 Å². The molecule has 6 heteroatoms. The van der Waals surface area contributed by atoms with E-state index in [1.807, 2.05) is 0 Å². The van der Waals surface area contributed by atoms with Gasteiger partial charge in [0.15, 0.2) is 0 Å². The highest BCUT2D eigenvalue weighted by molar-refractivity contribution is 5.79. The van der Waals surface area contributed by atoms with Gasteiger partial charge in [-0.25, -0.2) is 4.39 Å². The van der Waals surface area contributed by atoms with Crippen LogP contribution < -0.4 is 10.1 Å². The van der Waals surface area contributed by atoms with E-state index in [4.69, 9.17) is 4.74 Å². The van der Waals surface area contributed by atoms with Crippen LogP contribution >= 0.6 is 0 Å². The maximum atomic E-state index is 13.3. The lowest BCUT2D eigenvalue weighted by molar-refractivity contribution is -0.150. The summed E-state index contributed by atoms with van der Waals surface area (Å²) in [4.78, 5) is 14.4. The Labute approximate surface area is 141 Å². The summed E-state index contributed by atoms with van der Waals surface area (Å²) in [7, 11) is 0. The zero-order chi connectivity index (χ0) is 17.2. The number of amides is 1. The monoisotopic (exact) mass is 336 g/mol. The third-order valence-electron chi connectivity index (χ3n) is 4.94. The number of β-amino-alcohol motifs (C(OH)–C–C–N with tert-alkyl or cyclic N) is 1. The molecule has 2 fully saturated rings. The lowest BCUT2D eigenvalue weighted by Gasteiger charge is -2.43. The summed E-state index contributed by atoms with van der Waals surface area (Å²) in [5.74, 6) is 0.202. The molecule has 0 bridgehead atoms. The molecule has 2 atom stereocenters. The Hall–Kier alpha value is -1.66. The molecule has 2 aliphatic heterocycles. The van der Waals surface area contributed by atoms with Crippen molar-refractivity contribution < 1.29 is 19.0 Å². The van der Waals surface area contributed by atoms with Gasteiger partial charge in [0.05, 0.1) is 6.54 Å². The van der Waals surface area contributed by atoms with Crippen molar-refractivity contribution in [3.8, 4) is 5.75 Å². The average Bonchev–Trinajstić information content (AvgIpc) is 2.56. The van der Waals surface area contributed by atoms with Crippen LogP contribution in [0.4, 0.5) is 4.39 Å². The van der Waals surface area contributed by atoms with Crippen molar-refractivity contribution in [3.63, 3.8) is 0 Å². The van der Waals surface area contributed by atoms with Gasteiger partial charge in [-0.1, -0.05) is 6.07 Å². The van der Waals surface area contributed by atoms with E-state index in [-0.39, 0.29) is 24.2 Å². The lowest BCUT2D eigenvalue weighted by atomic mass is 9.89. The van der Waals surface area contributed by atoms with E-state index in [9.17, 15) is 14.3 Å². The Balaban J connectivity index is 1.62. The number of hydrogen-bond acceptors (Lipinski definition) is 4. The Morgan fingerprint density at radius 3 is 2.79 bits per heavy atom. The van der Waals surface area contributed by atoms with Crippen molar-refractivity contribution >= 4 is 5.91 Å². The zero-order valence-electron chi connectivity index (χ0n) is 14.0. The fraction of sp³-hybridized carbons (Fsp3) is 0.611. The van der Waals surface area contributed by atoms with E-state index in [0.717, 1.165) is 25.9 Å². The first-order valence-electron chi connectivity index (χ1n) is 8.60. The van der Waals surface area contributed by atoms with Gasteiger partial charge in [0.25, 0.3) is 0 Å². The molecule has 1 aromatic rings. The number of nitrogens with zero attached hydrogens (tertiary/aromatic N) is 1. The molecule has 1 amide bonds. The molecule has 2 heterocycles. The molecule has 2 saturated heterocycles. The number of rotatable bonds is 3. The molecule has 3 rings (SSSR count). The van der Waals surface area contributed by atoms with Gasteiger partial charge in [0.2, 0.25) is 5.91 Å². The quantitative estimate of drug-likeness (QED) is 0.879. The normalized spacial score (nSPS) is 28.6. The van der Waals surface area contributed by atoms with Gasteiger partial charge in [0, 0.05) is 24.9 Å². The molecule has 0 unspecified atom stereocenters. The van der Waals surface area contributed by atoms with Crippen LogP contribution in [0.3, 0.4) is 0 Å². The predicted molar refractivity (Wildman–Crippen MR) is 88.2 cm³/mol. The highest BCUT2D eigenvalue weighted by atomic mass is 19.1. The van der Waals surface area contributed by atoms with Crippen LogP contribution in [0.2, 0.25) is 0 Å². The van der Waals surface area contributed by atoms with Crippen LogP contribution in [-0.2, 0) is 4.79 Å². The molecule has 2 aliphatic rings. The van der Waals surface area contributed by atoms with E-state index in [1.54, 1.807) is 24.0 Å². The summed E-state index contributed by atoms with van der Waals surface area (Å²) >= 11 is 0. The number of hydrogen-bond donors (Lipinski definition) is 2. The number of ether oxygens (including phenoxy) is 1. The first-order chi connectivity index (χ1) is 11.5. The van der Waals surface area contributed by atoms with Crippen LogP contribution in [0.25, 0.3) is 0 Å². The van der Waals surface area contributed by atoms with Gasteiger partial charge < -0.3 is 20.1 Å². The van der Waals surface area contributed by atoms with E-state index < -0.39 is 11.7 Å². The molecule has 1 aromatic carbocycles. The summed E-state index contributed by atoms with van der Waals surface area (Å²) in [6, 6.07) is 5.91. The fourth-order valence-corrected chi connectivity index (χ4v) is 3.56.